The molecule has 1 aromatic rings. The van der Waals surface area contributed by atoms with Gasteiger partial charge in [0, 0.05) is 13.1 Å². The van der Waals surface area contributed by atoms with Gasteiger partial charge in [0.1, 0.15) is 0 Å². The predicted octanol–water partition coefficient (Wildman–Crippen LogP) is 2.85. The average molecular weight is 248 g/mol. The lowest BCUT2D eigenvalue weighted by Gasteiger charge is -2.10. The van der Waals surface area contributed by atoms with Gasteiger partial charge < -0.3 is 10.4 Å². The minimum absolute atomic E-state index is 0.303. The number of rotatable bonds is 5. The van der Waals surface area contributed by atoms with E-state index in [4.69, 9.17) is 23.2 Å². The Morgan fingerprint density at radius 2 is 2.13 bits per heavy atom. The first kappa shape index (κ1) is 12.8. The average Bonchev–Trinajstić information content (AvgIpc) is 2.24. The van der Waals surface area contributed by atoms with Crippen LogP contribution in [0.5, 0.6) is 0 Å². The van der Waals surface area contributed by atoms with E-state index in [1.54, 1.807) is 6.07 Å². The molecule has 2 N–H and O–H groups in total. The van der Waals surface area contributed by atoms with Gasteiger partial charge in [0.25, 0.3) is 0 Å². The van der Waals surface area contributed by atoms with Gasteiger partial charge in [-0.3, -0.25) is 0 Å². The predicted molar refractivity (Wildman–Crippen MR) is 64.5 cm³/mol. The lowest BCUT2D eigenvalue weighted by molar-refractivity contribution is 0.167. The Labute approximate surface area is 100 Å². The van der Waals surface area contributed by atoms with Crippen LogP contribution in [-0.2, 0) is 6.54 Å². The summed E-state index contributed by atoms with van der Waals surface area (Å²) in [5.74, 6) is 0. The van der Waals surface area contributed by atoms with Crippen molar-refractivity contribution < 1.29 is 5.11 Å². The van der Waals surface area contributed by atoms with Gasteiger partial charge in [-0.25, -0.2) is 0 Å². The number of hydrogen-bond acceptors (Lipinski definition) is 2. The molecular weight excluding hydrogens is 233 g/mol. The van der Waals surface area contributed by atoms with Crippen LogP contribution in [0, 0.1) is 0 Å². The van der Waals surface area contributed by atoms with Gasteiger partial charge in [0.05, 0.1) is 16.1 Å². The van der Waals surface area contributed by atoms with Crippen LogP contribution >= 0.6 is 23.2 Å². The zero-order valence-corrected chi connectivity index (χ0v) is 10.1. The number of aliphatic hydroxyl groups excluding tert-OH is 1. The molecule has 0 saturated carbocycles. The molecule has 1 unspecified atom stereocenters. The van der Waals surface area contributed by atoms with E-state index in [2.05, 4.69) is 5.32 Å². The highest BCUT2D eigenvalue weighted by atomic mass is 35.5. The second kappa shape index (κ2) is 6.33. The summed E-state index contributed by atoms with van der Waals surface area (Å²) in [6.45, 7) is 3.13. The molecule has 0 spiro atoms. The zero-order chi connectivity index (χ0) is 11.3. The van der Waals surface area contributed by atoms with Gasteiger partial charge in [-0.2, -0.15) is 0 Å². The number of hydrogen-bond donors (Lipinski definition) is 2. The molecule has 0 saturated heterocycles. The molecule has 1 atom stereocenters. The molecule has 0 heterocycles. The van der Waals surface area contributed by atoms with E-state index in [-0.39, 0.29) is 6.10 Å². The topological polar surface area (TPSA) is 32.3 Å². The summed E-state index contributed by atoms with van der Waals surface area (Å²) in [6, 6.07) is 5.54. The minimum atomic E-state index is -0.303. The lowest BCUT2D eigenvalue weighted by atomic mass is 10.2. The van der Waals surface area contributed by atoms with Crippen molar-refractivity contribution in [2.24, 2.45) is 0 Å². The summed E-state index contributed by atoms with van der Waals surface area (Å²) in [4.78, 5) is 0. The highest BCUT2D eigenvalue weighted by Crippen LogP contribution is 2.25. The molecular formula is C11H15Cl2NO. The highest BCUT2D eigenvalue weighted by Gasteiger charge is 2.04. The van der Waals surface area contributed by atoms with E-state index in [9.17, 15) is 5.11 Å². The van der Waals surface area contributed by atoms with Crippen LogP contribution in [0.3, 0.4) is 0 Å². The molecule has 0 bridgehead atoms. The van der Waals surface area contributed by atoms with Crippen LogP contribution in [0.4, 0.5) is 0 Å². The van der Waals surface area contributed by atoms with Crippen molar-refractivity contribution in [3.63, 3.8) is 0 Å². The van der Waals surface area contributed by atoms with E-state index in [1.165, 1.54) is 0 Å². The van der Waals surface area contributed by atoms with E-state index in [0.29, 0.717) is 23.1 Å². The van der Waals surface area contributed by atoms with E-state index < -0.39 is 0 Å². The SMILES string of the molecule is CCC(O)CNCc1cccc(Cl)c1Cl. The van der Waals surface area contributed by atoms with Gasteiger partial charge in [0.2, 0.25) is 0 Å². The molecule has 4 heteroatoms. The standard InChI is InChI=1S/C11H15Cl2NO/c1-2-9(15)7-14-6-8-4-3-5-10(12)11(8)13/h3-5,9,14-15H,2,6-7H2,1H3. The van der Waals surface area contributed by atoms with E-state index in [1.807, 2.05) is 19.1 Å². The van der Waals surface area contributed by atoms with Gasteiger partial charge >= 0.3 is 0 Å². The van der Waals surface area contributed by atoms with Crippen LogP contribution in [0.1, 0.15) is 18.9 Å². The Morgan fingerprint density at radius 1 is 1.40 bits per heavy atom. The first-order chi connectivity index (χ1) is 7.15. The Hall–Kier alpha value is -0.280. The molecule has 1 aromatic carbocycles. The Kier molecular flexibility index (Phi) is 5.40. The monoisotopic (exact) mass is 247 g/mol. The molecule has 0 radical (unpaired) electrons. The number of aliphatic hydroxyl groups is 1. The summed E-state index contributed by atoms with van der Waals surface area (Å²) in [5.41, 5.74) is 0.951. The molecule has 15 heavy (non-hydrogen) atoms. The quantitative estimate of drug-likeness (QED) is 0.839. The van der Waals surface area contributed by atoms with Crippen molar-refractivity contribution >= 4 is 23.2 Å². The van der Waals surface area contributed by atoms with Gasteiger partial charge in [-0.15, -0.1) is 0 Å². The highest BCUT2D eigenvalue weighted by molar-refractivity contribution is 6.42. The maximum atomic E-state index is 9.34. The van der Waals surface area contributed by atoms with Crippen LogP contribution in [-0.4, -0.2) is 17.8 Å². The second-order valence-electron chi connectivity index (χ2n) is 3.41. The molecule has 0 amide bonds. The Bertz CT molecular complexity index is 317. The summed E-state index contributed by atoms with van der Waals surface area (Å²) >= 11 is 11.9. The van der Waals surface area contributed by atoms with Crippen molar-refractivity contribution in [1.29, 1.82) is 0 Å². The number of nitrogens with one attached hydrogen (secondary N) is 1. The summed E-state index contributed by atoms with van der Waals surface area (Å²) in [7, 11) is 0. The van der Waals surface area contributed by atoms with Crippen molar-refractivity contribution in [2.45, 2.75) is 26.0 Å². The molecule has 1 rings (SSSR count). The van der Waals surface area contributed by atoms with E-state index in [0.717, 1.165) is 12.0 Å². The summed E-state index contributed by atoms with van der Waals surface area (Å²) < 4.78 is 0. The van der Waals surface area contributed by atoms with Crippen molar-refractivity contribution in [3.05, 3.63) is 33.8 Å². The summed E-state index contributed by atoms with van der Waals surface area (Å²) in [6.07, 6.45) is 0.443. The summed E-state index contributed by atoms with van der Waals surface area (Å²) in [5, 5.41) is 13.6. The number of halogens is 2. The Morgan fingerprint density at radius 3 is 2.80 bits per heavy atom. The molecule has 0 aliphatic heterocycles. The van der Waals surface area contributed by atoms with Crippen LogP contribution in [0.25, 0.3) is 0 Å². The molecule has 0 fully saturated rings. The third-order valence-corrected chi connectivity index (χ3v) is 3.06. The van der Waals surface area contributed by atoms with Gasteiger partial charge in [-0.05, 0) is 18.1 Å². The zero-order valence-electron chi connectivity index (χ0n) is 8.63. The number of benzene rings is 1. The molecule has 2 nitrogen and oxygen atoms in total. The smallest absolute Gasteiger partial charge is 0.0662 e. The van der Waals surface area contributed by atoms with Crippen molar-refractivity contribution in [2.75, 3.05) is 6.54 Å². The fraction of sp³-hybridized carbons (Fsp3) is 0.455. The largest absolute Gasteiger partial charge is 0.392 e. The Balaban J connectivity index is 2.47. The normalized spacial score (nSPS) is 12.8. The molecule has 0 aliphatic carbocycles. The van der Waals surface area contributed by atoms with Crippen molar-refractivity contribution in [1.82, 2.24) is 5.32 Å². The third kappa shape index (κ3) is 3.99. The van der Waals surface area contributed by atoms with Crippen LogP contribution < -0.4 is 5.32 Å². The minimum Gasteiger partial charge on any atom is -0.392 e. The third-order valence-electron chi connectivity index (χ3n) is 2.20. The first-order valence-corrected chi connectivity index (χ1v) is 5.72. The lowest BCUT2D eigenvalue weighted by Crippen LogP contribution is -2.25. The molecule has 0 aromatic heterocycles. The van der Waals surface area contributed by atoms with Gasteiger partial charge in [0.15, 0.2) is 0 Å². The van der Waals surface area contributed by atoms with Crippen LogP contribution in [0.15, 0.2) is 18.2 Å². The fourth-order valence-electron chi connectivity index (χ4n) is 1.20. The molecule has 84 valence electrons. The fourth-order valence-corrected chi connectivity index (χ4v) is 1.59. The first-order valence-electron chi connectivity index (χ1n) is 4.96. The van der Waals surface area contributed by atoms with E-state index >= 15 is 0 Å². The maximum absolute atomic E-state index is 9.34. The maximum Gasteiger partial charge on any atom is 0.0662 e. The van der Waals surface area contributed by atoms with Crippen molar-refractivity contribution in [3.8, 4) is 0 Å². The van der Waals surface area contributed by atoms with Gasteiger partial charge in [-0.1, -0.05) is 42.3 Å². The molecule has 0 aliphatic rings. The van der Waals surface area contributed by atoms with Crippen LogP contribution in [0.2, 0.25) is 10.0 Å². The second-order valence-corrected chi connectivity index (χ2v) is 4.19.